The molecule has 9 heteroatoms. The molecule has 1 unspecified atom stereocenters. The number of halogens is 3. The lowest BCUT2D eigenvalue weighted by Gasteiger charge is -2.18. The molecule has 150 valence electrons. The molecule has 0 bridgehead atoms. The van der Waals surface area contributed by atoms with Gasteiger partial charge in [0.25, 0.3) is 5.91 Å². The van der Waals surface area contributed by atoms with E-state index in [0.717, 1.165) is 25.3 Å². The summed E-state index contributed by atoms with van der Waals surface area (Å²) in [7, 11) is 1.09. The Morgan fingerprint density at radius 2 is 1.79 bits per heavy atom. The molecular formula is C20H16F3N3O3. The highest BCUT2D eigenvalue weighted by Gasteiger charge is 2.33. The summed E-state index contributed by atoms with van der Waals surface area (Å²) in [6, 6.07) is 12.9. The molecule has 1 atom stereocenters. The van der Waals surface area contributed by atoms with Crippen LogP contribution in [-0.2, 0) is 15.7 Å². The summed E-state index contributed by atoms with van der Waals surface area (Å²) in [5.41, 5.74) is -0.272. The molecule has 3 rings (SSSR count). The van der Waals surface area contributed by atoms with Gasteiger partial charge in [-0.1, -0.05) is 30.3 Å². The number of alkyl halides is 3. The number of aromatic nitrogens is 2. The van der Waals surface area contributed by atoms with Crippen LogP contribution in [0.5, 0.6) is 0 Å². The molecule has 1 N–H and O–H groups in total. The molecule has 3 aromatic rings. The second-order valence-electron chi connectivity index (χ2n) is 6.02. The second-order valence-corrected chi connectivity index (χ2v) is 6.02. The third-order valence-electron chi connectivity index (χ3n) is 4.14. The third-order valence-corrected chi connectivity index (χ3v) is 4.14. The Labute approximate surface area is 163 Å². The zero-order valence-electron chi connectivity index (χ0n) is 15.2. The van der Waals surface area contributed by atoms with Gasteiger partial charge in [-0.25, -0.2) is 9.48 Å². The van der Waals surface area contributed by atoms with Crippen molar-refractivity contribution in [2.45, 2.75) is 12.2 Å². The van der Waals surface area contributed by atoms with Crippen LogP contribution in [0, 0.1) is 0 Å². The molecule has 6 nitrogen and oxygen atoms in total. The van der Waals surface area contributed by atoms with Crippen molar-refractivity contribution in [3.63, 3.8) is 0 Å². The molecule has 1 amide bonds. The van der Waals surface area contributed by atoms with Crippen molar-refractivity contribution in [2.24, 2.45) is 0 Å². The van der Waals surface area contributed by atoms with E-state index in [0.29, 0.717) is 5.69 Å². The van der Waals surface area contributed by atoms with Gasteiger partial charge in [0.15, 0.2) is 6.04 Å². The number of carbonyl (C=O) groups is 2. The highest BCUT2D eigenvalue weighted by Crippen LogP contribution is 2.31. The summed E-state index contributed by atoms with van der Waals surface area (Å²) in [6.07, 6.45) is -3.19. The fourth-order valence-electron chi connectivity index (χ4n) is 2.75. The third kappa shape index (κ3) is 4.45. The number of nitrogens with one attached hydrogen (secondary N) is 1. The maximum Gasteiger partial charge on any atom is 0.416 e. The zero-order chi connectivity index (χ0) is 21.0. The molecule has 0 aliphatic rings. The maximum absolute atomic E-state index is 13.0. The minimum absolute atomic E-state index is 0.0502. The van der Waals surface area contributed by atoms with E-state index in [4.69, 9.17) is 0 Å². The van der Waals surface area contributed by atoms with Crippen molar-refractivity contribution in [3.05, 3.63) is 83.7 Å². The summed E-state index contributed by atoms with van der Waals surface area (Å²) < 4.78 is 45.1. The number of ether oxygens (including phenoxy) is 1. The molecule has 0 aliphatic heterocycles. The van der Waals surface area contributed by atoms with Crippen molar-refractivity contribution < 1.29 is 27.5 Å². The number of esters is 1. The number of benzene rings is 2. The van der Waals surface area contributed by atoms with Crippen molar-refractivity contribution in [2.75, 3.05) is 7.11 Å². The van der Waals surface area contributed by atoms with Crippen LogP contribution in [0.1, 0.15) is 27.7 Å². The molecule has 29 heavy (non-hydrogen) atoms. The van der Waals surface area contributed by atoms with Gasteiger partial charge in [-0.15, -0.1) is 0 Å². The number of hydrogen-bond donors (Lipinski definition) is 1. The molecule has 0 fully saturated rings. The van der Waals surface area contributed by atoms with Crippen molar-refractivity contribution in [1.29, 1.82) is 0 Å². The lowest BCUT2D eigenvalue weighted by molar-refractivity contribution is -0.143. The maximum atomic E-state index is 13.0. The summed E-state index contributed by atoms with van der Waals surface area (Å²) >= 11 is 0. The standard InChI is InChI=1S/C20H16F3N3O3/c1-29-19(28)17(13-6-5-7-14(12-13)20(21,22)23)25-18(27)16-10-11-24-26(16)15-8-3-2-4-9-15/h2-12,17H,1H3,(H,25,27). The normalized spacial score (nSPS) is 12.3. The molecule has 0 saturated heterocycles. The van der Waals surface area contributed by atoms with Gasteiger partial charge < -0.3 is 10.1 Å². The Morgan fingerprint density at radius 3 is 2.45 bits per heavy atom. The number of hydrogen-bond acceptors (Lipinski definition) is 4. The molecule has 2 aromatic carbocycles. The quantitative estimate of drug-likeness (QED) is 0.662. The average Bonchev–Trinajstić information content (AvgIpc) is 3.21. The summed E-state index contributed by atoms with van der Waals surface area (Å²) in [4.78, 5) is 25.0. The number of rotatable bonds is 5. The van der Waals surface area contributed by atoms with Gasteiger partial charge in [-0.2, -0.15) is 18.3 Å². The Kier molecular flexibility index (Phi) is 5.67. The fraction of sp³-hybridized carbons (Fsp3) is 0.150. The van der Waals surface area contributed by atoms with Gasteiger partial charge in [-0.3, -0.25) is 4.79 Å². The zero-order valence-corrected chi connectivity index (χ0v) is 15.2. The van der Waals surface area contributed by atoms with Gasteiger partial charge in [0.2, 0.25) is 0 Å². The lowest BCUT2D eigenvalue weighted by atomic mass is 10.0. The number of methoxy groups -OCH3 is 1. The number of para-hydroxylation sites is 1. The first kappa shape index (κ1) is 20.1. The van der Waals surface area contributed by atoms with Gasteiger partial charge in [0.05, 0.1) is 24.6 Å². The van der Waals surface area contributed by atoms with Gasteiger partial charge in [0, 0.05) is 0 Å². The van der Waals surface area contributed by atoms with Crippen LogP contribution >= 0.6 is 0 Å². The van der Waals surface area contributed by atoms with Gasteiger partial charge >= 0.3 is 12.1 Å². The molecule has 0 spiro atoms. The minimum atomic E-state index is -4.59. The topological polar surface area (TPSA) is 73.2 Å². The van der Waals surface area contributed by atoms with Crippen LogP contribution in [0.15, 0.2) is 66.9 Å². The first-order valence-electron chi connectivity index (χ1n) is 8.46. The van der Waals surface area contributed by atoms with E-state index < -0.39 is 29.7 Å². The summed E-state index contributed by atoms with van der Waals surface area (Å²) in [5, 5.41) is 6.52. The Hall–Kier alpha value is -3.62. The van der Waals surface area contributed by atoms with Crippen molar-refractivity contribution in [3.8, 4) is 5.69 Å². The van der Waals surface area contributed by atoms with Crippen LogP contribution in [0.2, 0.25) is 0 Å². The summed E-state index contributed by atoms with van der Waals surface area (Å²) in [6.45, 7) is 0. The molecule has 1 aromatic heterocycles. The summed E-state index contributed by atoms with van der Waals surface area (Å²) in [5.74, 6) is -1.59. The van der Waals surface area contributed by atoms with Crippen LogP contribution < -0.4 is 5.32 Å². The van der Waals surface area contributed by atoms with Gasteiger partial charge in [0.1, 0.15) is 5.69 Å². The fourth-order valence-corrected chi connectivity index (χ4v) is 2.75. The van der Waals surface area contributed by atoms with E-state index in [1.54, 1.807) is 30.3 Å². The van der Waals surface area contributed by atoms with Crippen LogP contribution in [0.3, 0.4) is 0 Å². The van der Waals surface area contributed by atoms with Crippen molar-refractivity contribution >= 4 is 11.9 Å². The highest BCUT2D eigenvalue weighted by molar-refractivity contribution is 5.96. The van der Waals surface area contributed by atoms with E-state index >= 15 is 0 Å². The Bertz CT molecular complexity index is 1020. The lowest BCUT2D eigenvalue weighted by Crippen LogP contribution is -2.35. The van der Waals surface area contributed by atoms with E-state index in [2.05, 4.69) is 15.2 Å². The minimum Gasteiger partial charge on any atom is -0.467 e. The van der Waals surface area contributed by atoms with E-state index in [1.807, 2.05) is 0 Å². The van der Waals surface area contributed by atoms with Crippen molar-refractivity contribution in [1.82, 2.24) is 15.1 Å². The molecule has 0 aliphatic carbocycles. The first-order valence-corrected chi connectivity index (χ1v) is 8.46. The van der Waals surface area contributed by atoms with Crippen LogP contribution in [-0.4, -0.2) is 28.8 Å². The average molecular weight is 403 g/mol. The SMILES string of the molecule is COC(=O)C(NC(=O)c1ccnn1-c1ccccc1)c1cccc(C(F)(F)F)c1. The molecule has 1 heterocycles. The second kappa shape index (κ2) is 8.17. The monoisotopic (exact) mass is 403 g/mol. The van der Waals surface area contributed by atoms with E-state index in [-0.39, 0.29) is 11.3 Å². The first-order chi connectivity index (χ1) is 13.8. The van der Waals surface area contributed by atoms with Crippen LogP contribution in [0.25, 0.3) is 5.69 Å². The molecule has 0 radical (unpaired) electrons. The molecule has 0 saturated carbocycles. The van der Waals surface area contributed by atoms with Crippen LogP contribution in [0.4, 0.5) is 13.2 Å². The number of carbonyl (C=O) groups excluding carboxylic acids is 2. The number of nitrogens with zero attached hydrogens (tertiary/aromatic N) is 2. The Morgan fingerprint density at radius 1 is 1.07 bits per heavy atom. The Balaban J connectivity index is 1.93. The predicted molar refractivity (Wildman–Crippen MR) is 97.2 cm³/mol. The largest absolute Gasteiger partial charge is 0.467 e. The van der Waals surface area contributed by atoms with E-state index in [9.17, 15) is 22.8 Å². The predicted octanol–water partition coefficient (Wildman–Crippen LogP) is 3.54. The highest BCUT2D eigenvalue weighted by atomic mass is 19.4. The molecular weight excluding hydrogens is 387 g/mol. The number of amides is 1. The van der Waals surface area contributed by atoms with E-state index in [1.165, 1.54) is 23.0 Å². The smallest absolute Gasteiger partial charge is 0.416 e. The van der Waals surface area contributed by atoms with Gasteiger partial charge in [-0.05, 0) is 35.9 Å².